The zero-order valence-corrected chi connectivity index (χ0v) is 32.7. The van der Waals surface area contributed by atoms with Crippen LogP contribution < -0.4 is 0 Å². The third-order valence-corrected chi connectivity index (χ3v) is 10.8. The minimum Gasteiger partial charge on any atom is -0.462 e. The molecule has 1 aliphatic heterocycles. The van der Waals surface area contributed by atoms with Gasteiger partial charge in [0, 0.05) is 51.0 Å². The molecule has 3 aliphatic rings. The van der Waals surface area contributed by atoms with E-state index in [9.17, 15) is 28.8 Å². The van der Waals surface area contributed by atoms with Crippen LogP contribution >= 0.6 is 0 Å². The summed E-state index contributed by atoms with van der Waals surface area (Å²) in [4.78, 5) is 94.8. The molecule has 0 amide bonds. The Morgan fingerprint density at radius 1 is 0.679 bits per heavy atom. The predicted molar refractivity (Wildman–Crippen MR) is 195 cm³/mol. The minimum absolute atomic E-state index is 0.0986. The Hall–Kier alpha value is -5.37. The summed E-state index contributed by atoms with van der Waals surface area (Å²) in [7, 11) is 0. The Labute approximate surface area is 325 Å². The minimum atomic E-state index is -2.09. The monoisotopic (exact) mass is 776 g/mol. The van der Waals surface area contributed by atoms with Crippen LogP contribution in [0.4, 0.5) is 0 Å². The summed E-state index contributed by atoms with van der Waals surface area (Å²) in [6.07, 6.45) is -9.79. The van der Waals surface area contributed by atoms with Crippen LogP contribution in [-0.2, 0) is 57.1 Å². The highest BCUT2D eigenvalue weighted by Crippen LogP contribution is 2.54. The van der Waals surface area contributed by atoms with Gasteiger partial charge in [0.25, 0.3) is 0 Å². The van der Waals surface area contributed by atoms with Gasteiger partial charge < -0.3 is 33.2 Å². The molecular weight excluding hydrogens is 728 g/mol. The number of ketones is 1. The molecule has 0 spiro atoms. The van der Waals surface area contributed by atoms with E-state index in [4.69, 9.17) is 33.2 Å². The Bertz CT molecular complexity index is 1870. The average molecular weight is 777 g/mol. The maximum absolute atomic E-state index is 15.0. The maximum Gasteiger partial charge on any atom is 0.338 e. The Morgan fingerprint density at radius 3 is 1.68 bits per heavy atom. The number of esters is 6. The van der Waals surface area contributed by atoms with Crippen molar-refractivity contribution in [3.8, 4) is 0 Å². The zero-order valence-electron chi connectivity index (χ0n) is 32.7. The van der Waals surface area contributed by atoms with Gasteiger partial charge in [-0.1, -0.05) is 70.7 Å². The van der Waals surface area contributed by atoms with Gasteiger partial charge in [-0.15, -0.1) is 0 Å². The summed E-state index contributed by atoms with van der Waals surface area (Å²) in [5.74, 6) is -8.85. The molecule has 2 saturated carbocycles. The number of ether oxygens (including phenoxy) is 7. The number of Topliss-reactive ketones (excluding diaryl/α,β-unsaturated/α-hetero) is 1. The topological polar surface area (TPSA) is 187 Å². The molecular formula is C42H48O14. The van der Waals surface area contributed by atoms with Crippen molar-refractivity contribution in [3.63, 3.8) is 0 Å². The first-order valence-electron chi connectivity index (χ1n) is 18.4. The highest BCUT2D eigenvalue weighted by atomic mass is 16.6. The van der Waals surface area contributed by atoms with Crippen molar-refractivity contribution in [2.24, 2.45) is 23.2 Å². The Morgan fingerprint density at radius 2 is 1.18 bits per heavy atom. The van der Waals surface area contributed by atoms with Gasteiger partial charge in [-0.25, -0.2) is 9.59 Å². The second kappa shape index (κ2) is 16.4. The van der Waals surface area contributed by atoms with Crippen LogP contribution in [0.2, 0.25) is 0 Å². The number of epoxide rings is 1. The van der Waals surface area contributed by atoms with E-state index in [-0.39, 0.29) is 23.1 Å². The number of carbonyl (C=O) groups is 7. The molecule has 0 aromatic heterocycles. The molecule has 14 nitrogen and oxygen atoms in total. The van der Waals surface area contributed by atoms with Gasteiger partial charge in [-0.2, -0.15) is 0 Å². The third kappa shape index (κ3) is 8.40. The van der Waals surface area contributed by atoms with Gasteiger partial charge in [0.1, 0.15) is 12.2 Å². The average Bonchev–Trinajstić information content (AvgIpc) is 3.91. The molecule has 0 unspecified atom stereocenters. The van der Waals surface area contributed by atoms with Gasteiger partial charge in [-0.3, -0.25) is 24.0 Å². The summed E-state index contributed by atoms with van der Waals surface area (Å²) in [5.41, 5.74) is -3.42. The second-order valence-electron chi connectivity index (χ2n) is 15.3. The fourth-order valence-corrected chi connectivity index (χ4v) is 8.33. The normalized spacial score (nSPS) is 32.1. The van der Waals surface area contributed by atoms with Crippen LogP contribution in [0.3, 0.4) is 0 Å². The number of fused-ring (bicyclic) bond motifs is 2. The lowest BCUT2D eigenvalue weighted by Gasteiger charge is -2.45. The summed E-state index contributed by atoms with van der Waals surface area (Å²) in [6.45, 7) is 15.3. The molecule has 1 saturated heterocycles. The lowest BCUT2D eigenvalue weighted by atomic mass is 9.69. The third-order valence-electron chi connectivity index (χ3n) is 10.8. The van der Waals surface area contributed by atoms with E-state index in [1.807, 2.05) is 0 Å². The molecule has 5 rings (SSSR count). The van der Waals surface area contributed by atoms with Crippen LogP contribution in [0.15, 0.2) is 72.8 Å². The fourth-order valence-electron chi connectivity index (χ4n) is 8.33. The summed E-state index contributed by atoms with van der Waals surface area (Å²) in [5, 5.41) is 0. The number of carbonyl (C=O) groups excluding carboxylic acids is 7. The molecule has 11 atom stereocenters. The first-order chi connectivity index (χ1) is 26.3. The van der Waals surface area contributed by atoms with E-state index < -0.39 is 113 Å². The smallest absolute Gasteiger partial charge is 0.338 e. The van der Waals surface area contributed by atoms with Crippen LogP contribution in [0.5, 0.6) is 0 Å². The van der Waals surface area contributed by atoms with Gasteiger partial charge in [0.05, 0.1) is 29.3 Å². The van der Waals surface area contributed by atoms with Crippen molar-refractivity contribution < 1.29 is 66.7 Å². The standard InChI is InChI=1S/C42H48O14/c1-21-20-42(56-27(7)46)30(31(21)50-24(4)43)32(51-25(5)44)22(2)33(52-26(6)45)35(54-39(48)28-16-12-10-13-17-28)38(55-40(49)29-18-14-11-15-19-29)41(8,9)37-34(53-37)23(3)36(42)47/h10-19,21,23,30-35,37-38H,2,20H2,1,3-9H3/t21-,23+,30+,31-,32-,33-,34-,35+,37-,38-,42+/m0/s1. The van der Waals surface area contributed by atoms with Crippen molar-refractivity contribution in [3.05, 3.63) is 83.9 Å². The Kier molecular flexibility index (Phi) is 12.2. The van der Waals surface area contributed by atoms with E-state index in [1.165, 1.54) is 24.3 Å². The molecule has 1 heterocycles. The lowest BCUT2D eigenvalue weighted by molar-refractivity contribution is -0.188. The molecule has 0 bridgehead atoms. The maximum atomic E-state index is 15.0. The van der Waals surface area contributed by atoms with Crippen LogP contribution in [0.1, 0.15) is 82.5 Å². The van der Waals surface area contributed by atoms with Crippen molar-refractivity contribution in [2.45, 2.75) is 110 Å². The molecule has 56 heavy (non-hydrogen) atoms. The van der Waals surface area contributed by atoms with E-state index in [2.05, 4.69) is 6.58 Å². The zero-order chi connectivity index (χ0) is 41.3. The Balaban J connectivity index is 1.82. The summed E-state index contributed by atoms with van der Waals surface area (Å²) < 4.78 is 42.5. The molecule has 0 N–H and O–H groups in total. The van der Waals surface area contributed by atoms with E-state index in [0.717, 1.165) is 27.7 Å². The van der Waals surface area contributed by atoms with Gasteiger partial charge in [0.15, 0.2) is 29.7 Å². The lowest BCUT2D eigenvalue weighted by Crippen LogP contribution is -2.60. The van der Waals surface area contributed by atoms with E-state index >= 15 is 4.79 Å². The molecule has 2 aromatic rings. The van der Waals surface area contributed by atoms with E-state index in [0.29, 0.717) is 0 Å². The van der Waals surface area contributed by atoms with Crippen molar-refractivity contribution in [1.29, 1.82) is 0 Å². The van der Waals surface area contributed by atoms with Gasteiger partial charge in [0.2, 0.25) is 0 Å². The fraction of sp³-hybridized carbons (Fsp3) is 0.500. The second-order valence-corrected chi connectivity index (χ2v) is 15.3. The quantitative estimate of drug-likeness (QED) is 0.155. The molecule has 2 aromatic carbocycles. The highest BCUT2D eigenvalue weighted by molar-refractivity contribution is 5.93. The van der Waals surface area contributed by atoms with Crippen molar-refractivity contribution in [2.75, 3.05) is 0 Å². The highest BCUT2D eigenvalue weighted by Gasteiger charge is 2.69. The van der Waals surface area contributed by atoms with Crippen molar-refractivity contribution >= 4 is 41.6 Å². The SMILES string of the molecule is C=C1[C@H](OC(C)=O)[C@@H](OC(=O)c2ccccc2)[C@H](OC(=O)c2ccccc2)C(C)(C)[C@H]2O[C@H]2[C@@H](C)C(=O)[C@@]2(OC(C)=O)C[C@H](C)[C@H](OC(C)=O)[C@@H]2[C@H]1OC(C)=O. The number of hydrogen-bond acceptors (Lipinski definition) is 14. The van der Waals surface area contributed by atoms with Crippen LogP contribution in [0, 0.1) is 23.2 Å². The number of rotatable bonds is 8. The van der Waals surface area contributed by atoms with Gasteiger partial charge >= 0.3 is 35.8 Å². The summed E-state index contributed by atoms with van der Waals surface area (Å²) in [6, 6.07) is 15.9. The van der Waals surface area contributed by atoms with Crippen LogP contribution in [-0.4, -0.2) is 89.9 Å². The molecule has 3 fully saturated rings. The molecule has 300 valence electrons. The van der Waals surface area contributed by atoms with Crippen molar-refractivity contribution in [1.82, 2.24) is 0 Å². The number of hydrogen-bond donors (Lipinski definition) is 0. The number of benzene rings is 2. The van der Waals surface area contributed by atoms with Crippen LogP contribution in [0.25, 0.3) is 0 Å². The molecule has 0 radical (unpaired) electrons. The predicted octanol–water partition coefficient (Wildman–Crippen LogP) is 4.76. The van der Waals surface area contributed by atoms with Gasteiger partial charge in [-0.05, 0) is 30.2 Å². The largest absolute Gasteiger partial charge is 0.462 e. The van der Waals surface area contributed by atoms with E-state index in [1.54, 1.807) is 64.1 Å². The summed E-state index contributed by atoms with van der Waals surface area (Å²) >= 11 is 0. The first kappa shape index (κ1) is 41.8. The molecule has 14 heteroatoms. The molecule has 2 aliphatic carbocycles. The first-order valence-corrected chi connectivity index (χ1v) is 18.4.